The van der Waals surface area contributed by atoms with Crippen LogP contribution in [-0.2, 0) is 4.79 Å². The lowest BCUT2D eigenvalue weighted by Crippen LogP contribution is -2.32. The molecule has 128 valence electrons. The van der Waals surface area contributed by atoms with Crippen LogP contribution in [0.5, 0.6) is 0 Å². The summed E-state index contributed by atoms with van der Waals surface area (Å²) < 4.78 is 1.30. The molecule has 5 nitrogen and oxygen atoms in total. The number of aliphatic carboxylic acids is 1. The van der Waals surface area contributed by atoms with Crippen LogP contribution in [-0.4, -0.2) is 20.8 Å². The van der Waals surface area contributed by atoms with E-state index in [1.54, 1.807) is 36.4 Å². The zero-order chi connectivity index (χ0) is 18.1. The molecule has 0 saturated heterocycles. The van der Waals surface area contributed by atoms with Gasteiger partial charge in [-0.2, -0.15) is 0 Å². The van der Waals surface area contributed by atoms with Gasteiger partial charge in [0.1, 0.15) is 0 Å². The predicted octanol–water partition coefficient (Wildman–Crippen LogP) is 2.92. The molecule has 1 aromatic heterocycles. The summed E-state index contributed by atoms with van der Waals surface area (Å²) in [6.45, 7) is 1.47. The number of benzene rings is 2. The Labute approximate surface area is 157 Å². The van der Waals surface area contributed by atoms with Crippen LogP contribution in [0, 0.1) is 0 Å². The number of carbonyl (C=O) groups is 1. The van der Waals surface area contributed by atoms with E-state index in [2.05, 4.69) is 4.98 Å². The van der Waals surface area contributed by atoms with Crippen molar-refractivity contribution in [2.24, 2.45) is 0 Å². The summed E-state index contributed by atoms with van der Waals surface area (Å²) in [4.78, 5) is 28.6. The molecule has 0 radical (unpaired) electrons. The second kappa shape index (κ2) is 7.07. The summed E-state index contributed by atoms with van der Waals surface area (Å²) in [5, 5.41) is 11.5. The van der Waals surface area contributed by atoms with Gasteiger partial charge in [-0.1, -0.05) is 47.1 Å². The highest BCUT2D eigenvalue weighted by Crippen LogP contribution is 2.29. The summed E-state index contributed by atoms with van der Waals surface area (Å²) in [5.41, 5.74) is 0.507. The van der Waals surface area contributed by atoms with Gasteiger partial charge >= 0.3 is 0 Å². The first-order chi connectivity index (χ1) is 11.9. The zero-order valence-corrected chi connectivity index (χ0v) is 15.2. The number of nitrogens with zero attached hydrogens (tertiary/aromatic N) is 2. The molecule has 3 rings (SSSR count). The molecule has 1 atom stereocenters. The number of halogens is 2. The van der Waals surface area contributed by atoms with Crippen LogP contribution in [0.4, 0.5) is 0 Å². The molecule has 0 aliphatic carbocycles. The van der Waals surface area contributed by atoms with E-state index in [0.29, 0.717) is 21.6 Å². The fourth-order valence-corrected chi connectivity index (χ4v) is 3.62. The number of hydrogen-bond donors (Lipinski definition) is 0. The third-order valence-electron chi connectivity index (χ3n) is 3.51. The Kier molecular flexibility index (Phi) is 5.03. The topological polar surface area (TPSA) is 75.0 Å². The van der Waals surface area contributed by atoms with Crippen molar-refractivity contribution >= 4 is 51.8 Å². The van der Waals surface area contributed by atoms with Gasteiger partial charge in [0.15, 0.2) is 5.16 Å². The molecule has 25 heavy (non-hydrogen) atoms. The van der Waals surface area contributed by atoms with E-state index >= 15 is 0 Å². The van der Waals surface area contributed by atoms with E-state index in [0.717, 1.165) is 11.8 Å². The maximum absolute atomic E-state index is 13.0. The van der Waals surface area contributed by atoms with Crippen LogP contribution in [0.25, 0.3) is 16.6 Å². The molecule has 0 bridgehead atoms. The van der Waals surface area contributed by atoms with Gasteiger partial charge in [0, 0.05) is 10.3 Å². The Morgan fingerprint density at radius 2 is 1.96 bits per heavy atom. The first-order valence-electron chi connectivity index (χ1n) is 7.23. The van der Waals surface area contributed by atoms with Gasteiger partial charge in [0.05, 0.1) is 27.6 Å². The SMILES string of the molecule is C[C@H](Sc1nc2ccccc2c(=O)n1-c1ccc(Cl)cc1Cl)C(=O)[O-]. The number of carboxylic acid groups (broad SMARTS) is 1. The number of para-hydroxylation sites is 1. The highest BCUT2D eigenvalue weighted by atomic mass is 35.5. The van der Waals surface area contributed by atoms with Crippen molar-refractivity contribution in [1.29, 1.82) is 0 Å². The van der Waals surface area contributed by atoms with Gasteiger partial charge < -0.3 is 9.90 Å². The average Bonchev–Trinajstić information content (AvgIpc) is 2.56. The molecular formula is C17H11Cl2N2O3S-. The molecule has 1 heterocycles. The molecule has 3 aromatic rings. The van der Waals surface area contributed by atoms with Gasteiger partial charge in [-0.3, -0.25) is 9.36 Å². The second-order valence-corrected chi connectivity index (χ2v) is 7.38. The van der Waals surface area contributed by atoms with Crippen molar-refractivity contribution in [3.05, 3.63) is 62.9 Å². The number of rotatable bonds is 4. The van der Waals surface area contributed by atoms with Crippen LogP contribution in [0.1, 0.15) is 6.92 Å². The van der Waals surface area contributed by atoms with Crippen molar-refractivity contribution in [2.75, 3.05) is 0 Å². The highest BCUT2D eigenvalue weighted by Gasteiger charge is 2.18. The van der Waals surface area contributed by atoms with E-state index in [1.807, 2.05) is 0 Å². The average molecular weight is 394 g/mol. The summed E-state index contributed by atoms with van der Waals surface area (Å²) in [5.74, 6) is -1.25. The van der Waals surface area contributed by atoms with Crippen molar-refractivity contribution in [3.63, 3.8) is 0 Å². The molecule has 0 unspecified atom stereocenters. The van der Waals surface area contributed by atoms with Crippen LogP contribution in [0.2, 0.25) is 10.0 Å². The summed E-state index contributed by atoms with van der Waals surface area (Å²) in [6.07, 6.45) is 0. The maximum Gasteiger partial charge on any atom is 0.266 e. The molecule has 0 fully saturated rings. The Morgan fingerprint density at radius 3 is 2.64 bits per heavy atom. The predicted molar refractivity (Wildman–Crippen MR) is 97.7 cm³/mol. The molecule has 0 aliphatic heterocycles. The number of carboxylic acids is 1. The second-order valence-electron chi connectivity index (χ2n) is 5.23. The highest BCUT2D eigenvalue weighted by molar-refractivity contribution is 8.00. The minimum absolute atomic E-state index is 0.213. The smallest absolute Gasteiger partial charge is 0.266 e. The summed E-state index contributed by atoms with van der Waals surface area (Å²) >= 11 is 13.1. The van der Waals surface area contributed by atoms with Gasteiger partial charge in [0.2, 0.25) is 0 Å². The Morgan fingerprint density at radius 1 is 1.24 bits per heavy atom. The molecule has 0 amide bonds. The summed E-state index contributed by atoms with van der Waals surface area (Å²) in [7, 11) is 0. The molecule has 0 N–H and O–H groups in total. The third kappa shape index (κ3) is 3.51. The third-order valence-corrected chi connectivity index (χ3v) is 5.08. The number of thioether (sulfide) groups is 1. The zero-order valence-electron chi connectivity index (χ0n) is 12.9. The fraction of sp³-hybridized carbons (Fsp3) is 0.118. The van der Waals surface area contributed by atoms with E-state index in [9.17, 15) is 14.7 Å². The first-order valence-corrected chi connectivity index (χ1v) is 8.87. The van der Waals surface area contributed by atoms with Crippen LogP contribution < -0.4 is 10.7 Å². The summed E-state index contributed by atoms with van der Waals surface area (Å²) in [6, 6.07) is 11.5. The largest absolute Gasteiger partial charge is 0.549 e. The van der Waals surface area contributed by atoms with Gasteiger partial charge in [-0.05, 0) is 37.3 Å². The number of fused-ring (bicyclic) bond motifs is 1. The van der Waals surface area contributed by atoms with Crippen LogP contribution >= 0.6 is 35.0 Å². The number of carbonyl (C=O) groups excluding carboxylic acids is 1. The monoisotopic (exact) mass is 393 g/mol. The van der Waals surface area contributed by atoms with E-state index in [-0.39, 0.29) is 15.7 Å². The fourth-order valence-electron chi connectivity index (χ4n) is 2.27. The minimum Gasteiger partial charge on any atom is -0.549 e. The standard InChI is InChI=1S/C17H12Cl2N2O3S/c1-9(16(23)24)25-17-20-13-5-3-2-4-11(13)15(22)21(17)14-7-6-10(18)8-12(14)19/h2-9H,1H3,(H,23,24)/p-1/t9-/m0/s1. The molecule has 8 heteroatoms. The maximum atomic E-state index is 13.0. The quantitative estimate of drug-likeness (QED) is 0.503. The van der Waals surface area contributed by atoms with Crippen LogP contribution in [0.15, 0.2) is 52.4 Å². The minimum atomic E-state index is -1.25. The van der Waals surface area contributed by atoms with Gasteiger partial charge in [-0.25, -0.2) is 4.98 Å². The lowest BCUT2D eigenvalue weighted by atomic mass is 10.2. The molecule has 0 spiro atoms. The van der Waals surface area contributed by atoms with Crippen molar-refractivity contribution in [2.45, 2.75) is 17.3 Å². The van der Waals surface area contributed by atoms with Crippen molar-refractivity contribution in [3.8, 4) is 5.69 Å². The molecular weight excluding hydrogens is 383 g/mol. The van der Waals surface area contributed by atoms with Gasteiger partial charge in [-0.15, -0.1) is 0 Å². The van der Waals surface area contributed by atoms with E-state index in [1.165, 1.54) is 17.6 Å². The van der Waals surface area contributed by atoms with E-state index in [4.69, 9.17) is 23.2 Å². The van der Waals surface area contributed by atoms with E-state index < -0.39 is 11.2 Å². The Bertz CT molecular complexity index is 1040. The Balaban J connectivity index is 2.32. The lowest BCUT2D eigenvalue weighted by molar-refractivity contribution is -0.304. The molecule has 2 aromatic carbocycles. The van der Waals surface area contributed by atoms with Crippen molar-refractivity contribution in [1.82, 2.24) is 9.55 Å². The first kappa shape index (κ1) is 17.8. The Hall–Kier alpha value is -2.02. The van der Waals surface area contributed by atoms with Crippen molar-refractivity contribution < 1.29 is 9.90 Å². The molecule has 0 saturated carbocycles. The van der Waals surface area contributed by atoms with Crippen LogP contribution in [0.3, 0.4) is 0 Å². The lowest BCUT2D eigenvalue weighted by Gasteiger charge is -2.17. The number of hydrogen-bond acceptors (Lipinski definition) is 5. The van der Waals surface area contributed by atoms with Gasteiger partial charge in [0.25, 0.3) is 5.56 Å². The number of aromatic nitrogens is 2. The normalized spacial score (nSPS) is 12.3. The molecule has 0 aliphatic rings.